The predicted molar refractivity (Wildman–Crippen MR) is 136 cm³/mol. The summed E-state index contributed by atoms with van der Waals surface area (Å²) in [5, 5.41) is 3.99. The minimum atomic E-state index is -2.70. The lowest BCUT2D eigenvalue weighted by Crippen LogP contribution is -2.67. The van der Waals surface area contributed by atoms with E-state index in [0.29, 0.717) is 18.6 Å². The number of likely N-dealkylation sites (N-methyl/N-ethyl adjacent to an activating group) is 1. The van der Waals surface area contributed by atoms with Crippen LogP contribution in [0.3, 0.4) is 0 Å². The van der Waals surface area contributed by atoms with Gasteiger partial charge in [0.2, 0.25) is 0 Å². The highest BCUT2D eigenvalue weighted by Crippen LogP contribution is 2.37. The monoisotopic (exact) mass is 479 g/mol. The molecule has 0 radical (unpaired) electrons. The second kappa shape index (κ2) is 9.46. The molecule has 1 aliphatic rings. The zero-order valence-electron chi connectivity index (χ0n) is 20.4. The van der Waals surface area contributed by atoms with Crippen molar-refractivity contribution in [2.75, 3.05) is 13.7 Å². The lowest BCUT2D eigenvalue weighted by molar-refractivity contribution is -0.170. The molecular formula is C26H33N3O4Si. The zero-order chi connectivity index (χ0) is 24.5. The third kappa shape index (κ3) is 4.34. The number of aromatic amines is 1. The van der Waals surface area contributed by atoms with Crippen molar-refractivity contribution in [3.63, 3.8) is 0 Å². The van der Waals surface area contributed by atoms with Gasteiger partial charge >= 0.3 is 5.69 Å². The van der Waals surface area contributed by atoms with E-state index >= 15 is 0 Å². The smallest absolute Gasteiger partial charge is 0.330 e. The third-order valence-electron chi connectivity index (χ3n) is 6.66. The maximum atomic E-state index is 12.6. The van der Waals surface area contributed by atoms with Crippen molar-refractivity contribution in [3.8, 4) is 0 Å². The van der Waals surface area contributed by atoms with E-state index in [1.54, 1.807) is 12.0 Å². The van der Waals surface area contributed by atoms with Crippen LogP contribution in [0.4, 0.5) is 0 Å². The topological polar surface area (TPSA) is 76.6 Å². The van der Waals surface area contributed by atoms with Crippen molar-refractivity contribution in [3.05, 3.63) is 93.3 Å². The largest absolute Gasteiger partial charge is 0.406 e. The van der Waals surface area contributed by atoms with Crippen molar-refractivity contribution in [2.45, 2.75) is 51.4 Å². The van der Waals surface area contributed by atoms with Crippen LogP contribution >= 0.6 is 0 Å². The van der Waals surface area contributed by atoms with Gasteiger partial charge in [-0.2, -0.15) is 5.06 Å². The number of hydrogen-bond acceptors (Lipinski definition) is 5. The van der Waals surface area contributed by atoms with Crippen LogP contribution in [0.15, 0.2) is 76.4 Å². The molecule has 2 aromatic carbocycles. The van der Waals surface area contributed by atoms with Gasteiger partial charge in [-0.05, 0) is 22.3 Å². The summed E-state index contributed by atoms with van der Waals surface area (Å²) in [4.78, 5) is 33.6. The molecule has 2 atom stereocenters. The molecule has 1 saturated heterocycles. The first-order valence-electron chi connectivity index (χ1n) is 11.6. The molecule has 0 bridgehead atoms. The quantitative estimate of drug-likeness (QED) is 0.550. The number of hydroxylamine groups is 2. The van der Waals surface area contributed by atoms with Crippen molar-refractivity contribution in [1.82, 2.24) is 14.6 Å². The first-order chi connectivity index (χ1) is 16.1. The maximum absolute atomic E-state index is 12.6. The first-order valence-corrected chi connectivity index (χ1v) is 13.5. The fraction of sp³-hybridized carbons (Fsp3) is 0.385. The van der Waals surface area contributed by atoms with E-state index in [-0.39, 0.29) is 16.6 Å². The number of benzene rings is 2. The minimum Gasteiger partial charge on any atom is -0.406 e. The van der Waals surface area contributed by atoms with Gasteiger partial charge in [0.15, 0.2) is 6.23 Å². The summed E-state index contributed by atoms with van der Waals surface area (Å²) >= 11 is 0. The van der Waals surface area contributed by atoms with Crippen molar-refractivity contribution < 1.29 is 9.26 Å². The average molecular weight is 480 g/mol. The van der Waals surface area contributed by atoms with Crippen molar-refractivity contribution >= 4 is 18.7 Å². The fourth-order valence-corrected chi connectivity index (χ4v) is 9.45. The number of aryl methyl sites for hydroxylation is 1. The molecule has 0 unspecified atom stereocenters. The standard InChI is InChI=1S/C26H33N3O4Si/c1-19-17-27-25(31)29(24(19)30)23-16-20(28(5)33-23)18-32-34(26(2,3)4,21-12-8-6-9-13-21)22-14-10-7-11-15-22/h6-15,17,20,23H,16,18H2,1-5H3,(H,27,31)/t20-,23-/m1/s1. The van der Waals surface area contributed by atoms with Crippen LogP contribution in [0, 0.1) is 6.92 Å². The van der Waals surface area contributed by atoms with Crippen LogP contribution in [-0.4, -0.2) is 42.6 Å². The summed E-state index contributed by atoms with van der Waals surface area (Å²) in [6, 6.07) is 20.8. The van der Waals surface area contributed by atoms with Gasteiger partial charge in [-0.25, -0.2) is 9.36 Å². The van der Waals surface area contributed by atoms with E-state index in [2.05, 4.69) is 74.3 Å². The SMILES string of the molecule is Cc1c[nH]c(=O)n([C@H]2C[C@H](CO[Si](c3ccccc3)(c3ccccc3)C(C)(C)C)N(C)O2)c1=O. The van der Waals surface area contributed by atoms with Crippen LogP contribution in [0.5, 0.6) is 0 Å². The summed E-state index contributed by atoms with van der Waals surface area (Å²) in [5.41, 5.74) is -0.337. The van der Waals surface area contributed by atoms with Crippen LogP contribution in [0.2, 0.25) is 5.04 Å². The molecular weight excluding hydrogens is 446 g/mol. The Morgan fingerprint density at radius 2 is 1.59 bits per heavy atom. The molecule has 7 nitrogen and oxygen atoms in total. The van der Waals surface area contributed by atoms with E-state index in [0.717, 1.165) is 4.57 Å². The average Bonchev–Trinajstić information content (AvgIpc) is 3.17. The highest BCUT2D eigenvalue weighted by atomic mass is 28.4. The summed E-state index contributed by atoms with van der Waals surface area (Å²) in [6.45, 7) is 8.81. The lowest BCUT2D eigenvalue weighted by Gasteiger charge is -2.43. The van der Waals surface area contributed by atoms with E-state index in [1.165, 1.54) is 16.6 Å². The number of nitrogens with one attached hydrogen (secondary N) is 1. The Balaban J connectivity index is 1.67. The van der Waals surface area contributed by atoms with Crippen molar-refractivity contribution in [2.24, 2.45) is 0 Å². The van der Waals surface area contributed by atoms with E-state index in [9.17, 15) is 9.59 Å². The Bertz CT molecular complexity index is 1200. The molecule has 34 heavy (non-hydrogen) atoms. The molecule has 0 aliphatic carbocycles. The zero-order valence-corrected chi connectivity index (χ0v) is 21.4. The number of hydrogen-bond donors (Lipinski definition) is 1. The molecule has 0 saturated carbocycles. The fourth-order valence-electron chi connectivity index (χ4n) is 4.86. The Hall–Kier alpha value is -2.78. The molecule has 1 aliphatic heterocycles. The lowest BCUT2D eigenvalue weighted by atomic mass is 10.2. The van der Waals surface area contributed by atoms with Gasteiger partial charge in [0.1, 0.15) is 0 Å². The normalized spacial score (nSPS) is 19.4. The van der Waals surface area contributed by atoms with Gasteiger partial charge in [0.25, 0.3) is 13.9 Å². The molecule has 4 rings (SSSR count). The van der Waals surface area contributed by atoms with Gasteiger partial charge in [-0.1, -0.05) is 81.4 Å². The summed E-state index contributed by atoms with van der Waals surface area (Å²) in [5.74, 6) is 0. The molecule has 1 aromatic heterocycles. The van der Waals surface area contributed by atoms with Crippen molar-refractivity contribution in [1.29, 1.82) is 0 Å². The number of aromatic nitrogens is 2. The van der Waals surface area contributed by atoms with E-state index < -0.39 is 20.2 Å². The Morgan fingerprint density at radius 1 is 1.03 bits per heavy atom. The van der Waals surface area contributed by atoms with Gasteiger partial charge in [0, 0.05) is 25.2 Å². The van der Waals surface area contributed by atoms with Gasteiger partial charge in [-0.3, -0.25) is 9.63 Å². The predicted octanol–water partition coefficient (Wildman–Crippen LogP) is 2.56. The van der Waals surface area contributed by atoms with Crippen LogP contribution in [0.25, 0.3) is 0 Å². The third-order valence-corrected chi connectivity index (χ3v) is 11.7. The molecule has 180 valence electrons. The second-order valence-corrected chi connectivity index (χ2v) is 14.2. The Labute approximate surface area is 201 Å². The molecule has 3 aromatic rings. The molecule has 2 heterocycles. The summed E-state index contributed by atoms with van der Waals surface area (Å²) in [6.07, 6.45) is 1.24. The molecule has 8 heteroatoms. The molecule has 0 amide bonds. The van der Waals surface area contributed by atoms with Gasteiger partial charge < -0.3 is 9.41 Å². The number of H-pyrrole nitrogens is 1. The van der Waals surface area contributed by atoms with Gasteiger partial charge in [-0.15, -0.1) is 0 Å². The maximum Gasteiger partial charge on any atom is 0.330 e. The summed E-state index contributed by atoms with van der Waals surface area (Å²) in [7, 11) is -0.869. The Morgan fingerprint density at radius 3 is 2.12 bits per heavy atom. The number of nitrogens with zero attached hydrogens (tertiary/aromatic N) is 2. The number of rotatable bonds is 6. The first kappa shape index (κ1) is 24.3. The van der Waals surface area contributed by atoms with Crippen LogP contribution in [0.1, 0.15) is 39.0 Å². The van der Waals surface area contributed by atoms with Crippen LogP contribution in [-0.2, 0) is 9.26 Å². The minimum absolute atomic E-state index is 0.113. The highest BCUT2D eigenvalue weighted by Gasteiger charge is 2.51. The van der Waals surface area contributed by atoms with E-state index in [4.69, 9.17) is 9.26 Å². The van der Waals surface area contributed by atoms with Gasteiger partial charge in [0.05, 0.1) is 12.6 Å². The summed E-state index contributed by atoms with van der Waals surface area (Å²) < 4.78 is 8.19. The highest BCUT2D eigenvalue weighted by molar-refractivity contribution is 6.99. The molecule has 1 N–H and O–H groups in total. The van der Waals surface area contributed by atoms with E-state index in [1.807, 2.05) is 19.2 Å². The van der Waals surface area contributed by atoms with Crippen LogP contribution < -0.4 is 21.6 Å². The molecule has 0 spiro atoms. The molecule has 1 fully saturated rings. The second-order valence-electron chi connectivity index (χ2n) is 9.92. The Kier molecular flexibility index (Phi) is 6.77.